The van der Waals surface area contributed by atoms with Gasteiger partial charge in [-0.3, -0.25) is 0 Å². The van der Waals surface area contributed by atoms with Crippen LogP contribution in [0.3, 0.4) is 0 Å². The molecule has 6 heteroatoms. The number of methoxy groups -OCH3 is 2. The molecule has 2 rings (SSSR count). The number of hydrogen-bond acceptors (Lipinski definition) is 6. The van der Waals surface area contributed by atoms with Gasteiger partial charge in [-0.2, -0.15) is 4.98 Å². The van der Waals surface area contributed by atoms with Gasteiger partial charge in [0.15, 0.2) is 5.82 Å². The van der Waals surface area contributed by atoms with Crippen molar-refractivity contribution in [2.24, 2.45) is 0 Å². The number of nitrogens with one attached hydrogen (secondary N) is 1. The van der Waals surface area contributed by atoms with Crippen LogP contribution in [-0.2, 0) is 17.9 Å². The van der Waals surface area contributed by atoms with Crippen LogP contribution in [0.25, 0.3) is 0 Å². The topological polar surface area (TPSA) is 69.4 Å². The predicted octanol–water partition coefficient (Wildman–Crippen LogP) is 2.38. The van der Waals surface area contributed by atoms with Crippen molar-refractivity contribution in [2.45, 2.75) is 33.0 Å². The van der Waals surface area contributed by atoms with Crippen LogP contribution in [0.5, 0.6) is 5.75 Å². The zero-order chi connectivity index (χ0) is 15.2. The molecule has 0 aliphatic carbocycles. The molecular weight excluding hydrogens is 270 g/mol. The summed E-state index contributed by atoms with van der Waals surface area (Å²) in [7, 11) is 3.33. The Balaban J connectivity index is 2.04. The largest absolute Gasteiger partial charge is 0.496 e. The average molecular weight is 291 g/mol. The van der Waals surface area contributed by atoms with Crippen molar-refractivity contribution >= 4 is 0 Å². The highest BCUT2D eigenvalue weighted by Crippen LogP contribution is 2.24. The molecule has 0 fully saturated rings. The molecule has 6 nitrogen and oxygen atoms in total. The van der Waals surface area contributed by atoms with Gasteiger partial charge in [-0.05, 0) is 24.6 Å². The summed E-state index contributed by atoms with van der Waals surface area (Å²) in [5.74, 6) is 2.07. The first-order valence-corrected chi connectivity index (χ1v) is 6.82. The van der Waals surface area contributed by atoms with Gasteiger partial charge in [-0.25, -0.2) is 0 Å². The van der Waals surface area contributed by atoms with E-state index in [0.717, 1.165) is 16.9 Å². The summed E-state index contributed by atoms with van der Waals surface area (Å²) in [6, 6.07) is 6.24. The molecule has 0 aliphatic heterocycles. The maximum absolute atomic E-state index is 5.33. The van der Waals surface area contributed by atoms with Crippen molar-refractivity contribution in [3.63, 3.8) is 0 Å². The third kappa shape index (κ3) is 4.03. The van der Waals surface area contributed by atoms with E-state index in [2.05, 4.69) is 28.4 Å². The number of rotatable bonds is 7. The third-order valence-corrected chi connectivity index (χ3v) is 3.24. The van der Waals surface area contributed by atoms with E-state index in [9.17, 15) is 0 Å². The van der Waals surface area contributed by atoms with Crippen molar-refractivity contribution in [2.75, 3.05) is 14.2 Å². The third-order valence-electron chi connectivity index (χ3n) is 3.24. The number of ether oxygens (including phenoxy) is 2. The SMILES string of the molecule is COCc1cc(C(C)NCc2noc(C)n2)ccc1OC. The van der Waals surface area contributed by atoms with E-state index in [0.29, 0.717) is 24.9 Å². The Bertz CT molecular complexity index is 583. The normalized spacial score (nSPS) is 12.4. The minimum Gasteiger partial charge on any atom is -0.496 e. The summed E-state index contributed by atoms with van der Waals surface area (Å²) >= 11 is 0. The number of nitrogens with zero attached hydrogens (tertiary/aromatic N) is 2. The molecule has 21 heavy (non-hydrogen) atoms. The summed E-state index contributed by atoms with van der Waals surface area (Å²) in [5.41, 5.74) is 2.18. The molecule has 0 spiro atoms. The highest BCUT2D eigenvalue weighted by Gasteiger charge is 2.11. The van der Waals surface area contributed by atoms with Gasteiger partial charge in [0.1, 0.15) is 5.75 Å². The van der Waals surface area contributed by atoms with E-state index in [1.165, 1.54) is 0 Å². The molecule has 1 unspecified atom stereocenters. The second kappa shape index (κ2) is 7.19. The zero-order valence-electron chi connectivity index (χ0n) is 12.8. The molecule has 0 radical (unpaired) electrons. The van der Waals surface area contributed by atoms with Gasteiger partial charge < -0.3 is 19.3 Å². The first kappa shape index (κ1) is 15.5. The van der Waals surface area contributed by atoms with Crippen LogP contribution < -0.4 is 10.1 Å². The van der Waals surface area contributed by atoms with E-state index in [1.807, 2.05) is 12.1 Å². The van der Waals surface area contributed by atoms with E-state index in [-0.39, 0.29) is 6.04 Å². The fourth-order valence-corrected chi connectivity index (χ4v) is 2.11. The summed E-state index contributed by atoms with van der Waals surface area (Å²) < 4.78 is 15.5. The molecule has 114 valence electrons. The average Bonchev–Trinajstić information content (AvgIpc) is 2.90. The fourth-order valence-electron chi connectivity index (χ4n) is 2.11. The molecule has 0 bridgehead atoms. The van der Waals surface area contributed by atoms with Crippen LogP contribution in [0.4, 0.5) is 0 Å². The molecule has 0 amide bonds. The highest BCUT2D eigenvalue weighted by atomic mass is 16.5. The molecule has 0 saturated carbocycles. The Hall–Kier alpha value is -1.92. The molecule has 1 heterocycles. The molecule has 0 saturated heterocycles. The van der Waals surface area contributed by atoms with Crippen LogP contribution in [0.1, 0.15) is 35.8 Å². The molecule has 2 aromatic rings. The minimum absolute atomic E-state index is 0.158. The maximum atomic E-state index is 5.33. The Morgan fingerprint density at radius 1 is 1.33 bits per heavy atom. The maximum Gasteiger partial charge on any atom is 0.223 e. The van der Waals surface area contributed by atoms with Gasteiger partial charge in [0.2, 0.25) is 5.89 Å². The summed E-state index contributed by atoms with van der Waals surface area (Å²) in [5, 5.41) is 7.24. The number of aromatic nitrogens is 2. The lowest BCUT2D eigenvalue weighted by molar-refractivity contribution is 0.181. The predicted molar refractivity (Wildman–Crippen MR) is 78.0 cm³/mol. The lowest BCUT2D eigenvalue weighted by Crippen LogP contribution is -2.19. The summed E-state index contributed by atoms with van der Waals surface area (Å²) in [6.07, 6.45) is 0. The Kier molecular flexibility index (Phi) is 5.30. The van der Waals surface area contributed by atoms with Gasteiger partial charge in [-0.1, -0.05) is 11.2 Å². The molecule has 1 aromatic heterocycles. The van der Waals surface area contributed by atoms with Crippen LogP contribution in [-0.4, -0.2) is 24.4 Å². The van der Waals surface area contributed by atoms with Gasteiger partial charge >= 0.3 is 0 Å². The smallest absolute Gasteiger partial charge is 0.223 e. The monoisotopic (exact) mass is 291 g/mol. The van der Waals surface area contributed by atoms with Crippen molar-refractivity contribution < 1.29 is 14.0 Å². The summed E-state index contributed by atoms with van der Waals surface area (Å²) in [6.45, 7) is 4.95. The van der Waals surface area contributed by atoms with E-state index < -0.39 is 0 Å². The van der Waals surface area contributed by atoms with Crippen LogP contribution in [0.2, 0.25) is 0 Å². The number of benzene rings is 1. The number of hydrogen-bond donors (Lipinski definition) is 1. The first-order chi connectivity index (χ1) is 10.1. The summed E-state index contributed by atoms with van der Waals surface area (Å²) in [4.78, 5) is 4.17. The fraction of sp³-hybridized carbons (Fsp3) is 0.467. The van der Waals surface area contributed by atoms with E-state index in [4.69, 9.17) is 14.0 Å². The Labute approximate surface area is 124 Å². The quantitative estimate of drug-likeness (QED) is 0.844. The molecule has 1 aromatic carbocycles. The minimum atomic E-state index is 0.158. The van der Waals surface area contributed by atoms with E-state index in [1.54, 1.807) is 21.1 Å². The van der Waals surface area contributed by atoms with Crippen LogP contribution in [0, 0.1) is 6.92 Å². The Morgan fingerprint density at radius 3 is 2.76 bits per heavy atom. The second-order valence-corrected chi connectivity index (χ2v) is 4.84. The van der Waals surface area contributed by atoms with Crippen molar-refractivity contribution in [1.82, 2.24) is 15.5 Å². The first-order valence-electron chi connectivity index (χ1n) is 6.82. The van der Waals surface area contributed by atoms with Crippen LogP contribution >= 0.6 is 0 Å². The number of aryl methyl sites for hydroxylation is 1. The highest BCUT2D eigenvalue weighted by molar-refractivity contribution is 5.38. The van der Waals surface area contributed by atoms with Crippen molar-refractivity contribution in [1.29, 1.82) is 0 Å². The standard InChI is InChI=1S/C15H21N3O3/c1-10(16-8-15-17-11(2)21-18-15)12-5-6-14(20-4)13(7-12)9-19-3/h5-7,10,16H,8-9H2,1-4H3. The van der Waals surface area contributed by atoms with Gasteiger partial charge in [0.05, 0.1) is 20.3 Å². The second-order valence-electron chi connectivity index (χ2n) is 4.84. The van der Waals surface area contributed by atoms with Gasteiger partial charge in [0.25, 0.3) is 0 Å². The zero-order valence-corrected chi connectivity index (χ0v) is 12.8. The molecular formula is C15H21N3O3. The van der Waals surface area contributed by atoms with Crippen molar-refractivity contribution in [3.8, 4) is 5.75 Å². The molecule has 0 aliphatic rings. The Morgan fingerprint density at radius 2 is 2.14 bits per heavy atom. The lowest BCUT2D eigenvalue weighted by Gasteiger charge is -2.16. The van der Waals surface area contributed by atoms with E-state index >= 15 is 0 Å². The molecule has 1 atom stereocenters. The van der Waals surface area contributed by atoms with Gasteiger partial charge in [-0.15, -0.1) is 0 Å². The van der Waals surface area contributed by atoms with Gasteiger partial charge in [0, 0.05) is 25.6 Å². The van der Waals surface area contributed by atoms with Crippen molar-refractivity contribution in [3.05, 3.63) is 41.0 Å². The molecule has 1 N–H and O–H groups in total. The lowest BCUT2D eigenvalue weighted by atomic mass is 10.0. The van der Waals surface area contributed by atoms with Crippen LogP contribution in [0.15, 0.2) is 22.7 Å².